The molecule has 2 N–H and O–H groups in total. The van der Waals surface area contributed by atoms with Crippen LogP contribution < -0.4 is 5.73 Å². The number of nitrogens with two attached hydrogens (primary N) is 1. The molecule has 64 valence electrons. The largest absolute Gasteiger partial charge is 0.326 e. The summed E-state index contributed by atoms with van der Waals surface area (Å²) in [5.74, 6) is 2.01. The fourth-order valence-corrected chi connectivity index (χ4v) is 0.803. The van der Waals surface area contributed by atoms with Crippen molar-refractivity contribution in [3.63, 3.8) is 0 Å². The van der Waals surface area contributed by atoms with E-state index in [1.165, 1.54) is 6.07 Å². The average molecular weight is 186 g/mol. The quantitative estimate of drug-likeness (QED) is 0.662. The highest BCUT2D eigenvalue weighted by molar-refractivity contribution is 5.85. The lowest BCUT2D eigenvalue weighted by Gasteiger charge is -1.98. The van der Waals surface area contributed by atoms with Gasteiger partial charge in [-0.2, -0.15) is 0 Å². The molecule has 12 heavy (non-hydrogen) atoms. The van der Waals surface area contributed by atoms with Gasteiger partial charge in [-0.3, -0.25) is 0 Å². The maximum absolute atomic E-state index is 12.9. The van der Waals surface area contributed by atoms with Gasteiger partial charge in [-0.1, -0.05) is 12.0 Å². The van der Waals surface area contributed by atoms with E-state index >= 15 is 0 Å². The third-order valence-electron chi connectivity index (χ3n) is 1.44. The molecule has 0 saturated carbocycles. The van der Waals surface area contributed by atoms with Gasteiger partial charge in [-0.25, -0.2) is 4.39 Å². The monoisotopic (exact) mass is 185 g/mol. The van der Waals surface area contributed by atoms with Crippen LogP contribution in [0.2, 0.25) is 0 Å². The lowest BCUT2D eigenvalue weighted by atomic mass is 10.1. The maximum atomic E-state index is 12.9. The average Bonchev–Trinajstić information content (AvgIpc) is 2.04. The van der Waals surface area contributed by atoms with Crippen LogP contribution in [-0.4, -0.2) is 0 Å². The second-order valence-electron chi connectivity index (χ2n) is 2.15. The normalized spacial score (nSPS) is 8.42. The van der Waals surface area contributed by atoms with Crippen molar-refractivity contribution >= 4 is 12.4 Å². The predicted octanol–water partition coefficient (Wildman–Crippen LogP) is 1.69. The zero-order valence-corrected chi connectivity index (χ0v) is 7.20. The van der Waals surface area contributed by atoms with Crippen molar-refractivity contribution < 1.29 is 4.39 Å². The number of halogens is 2. The van der Waals surface area contributed by atoms with Crippen LogP contribution in [0.1, 0.15) is 11.1 Å². The summed E-state index contributed by atoms with van der Waals surface area (Å²) >= 11 is 0. The van der Waals surface area contributed by atoms with Crippen LogP contribution in [0, 0.1) is 18.2 Å². The molecule has 0 saturated heterocycles. The van der Waals surface area contributed by atoms with Crippen LogP contribution in [0.4, 0.5) is 4.39 Å². The highest BCUT2D eigenvalue weighted by Crippen LogP contribution is 2.08. The molecule has 0 atom stereocenters. The maximum Gasteiger partial charge on any atom is 0.128 e. The fourth-order valence-electron chi connectivity index (χ4n) is 0.803. The third-order valence-corrected chi connectivity index (χ3v) is 1.44. The van der Waals surface area contributed by atoms with E-state index in [9.17, 15) is 4.39 Å². The molecule has 0 amide bonds. The molecule has 1 aromatic carbocycles. The number of terminal acetylenes is 1. The topological polar surface area (TPSA) is 26.0 Å². The molecule has 0 aromatic heterocycles. The standard InChI is InChI=1S/C9H8FN.ClH/c1-2-7-3-4-8(6-11)9(10)5-7;/h1,3-5H,6,11H2;1H. The molecule has 0 aliphatic rings. The Kier molecular flexibility index (Phi) is 4.35. The zero-order valence-electron chi connectivity index (χ0n) is 6.38. The minimum atomic E-state index is -0.331. The molecule has 0 radical (unpaired) electrons. The summed E-state index contributed by atoms with van der Waals surface area (Å²) in [6, 6.07) is 4.58. The molecule has 1 rings (SSSR count). The summed E-state index contributed by atoms with van der Waals surface area (Å²) in [6.07, 6.45) is 5.06. The van der Waals surface area contributed by atoms with Crippen molar-refractivity contribution in [2.45, 2.75) is 6.54 Å². The van der Waals surface area contributed by atoms with Crippen molar-refractivity contribution in [2.24, 2.45) is 5.73 Å². The second kappa shape index (κ2) is 4.76. The lowest BCUT2D eigenvalue weighted by Crippen LogP contribution is -1.99. The molecule has 1 nitrogen and oxygen atoms in total. The summed E-state index contributed by atoms with van der Waals surface area (Å²) in [4.78, 5) is 0. The van der Waals surface area contributed by atoms with Gasteiger partial charge >= 0.3 is 0 Å². The Bertz CT molecular complexity index is 304. The fraction of sp³-hybridized carbons (Fsp3) is 0.111. The Morgan fingerprint density at radius 2 is 2.17 bits per heavy atom. The predicted molar refractivity (Wildman–Crippen MR) is 49.5 cm³/mol. The van der Waals surface area contributed by atoms with E-state index < -0.39 is 0 Å². The van der Waals surface area contributed by atoms with E-state index in [4.69, 9.17) is 12.2 Å². The first-order chi connectivity index (χ1) is 5.27. The van der Waals surface area contributed by atoms with Crippen LogP contribution >= 0.6 is 12.4 Å². The number of hydrogen-bond donors (Lipinski definition) is 1. The van der Waals surface area contributed by atoms with Crippen LogP contribution in [0.3, 0.4) is 0 Å². The molecular formula is C9H9ClFN. The molecule has 0 spiro atoms. The van der Waals surface area contributed by atoms with E-state index in [-0.39, 0.29) is 24.8 Å². The van der Waals surface area contributed by atoms with E-state index in [1.807, 2.05) is 0 Å². The molecule has 0 unspecified atom stereocenters. The van der Waals surface area contributed by atoms with Gasteiger partial charge in [0, 0.05) is 17.7 Å². The Morgan fingerprint density at radius 1 is 1.50 bits per heavy atom. The van der Waals surface area contributed by atoms with E-state index in [0.717, 1.165) is 0 Å². The molecule has 1 aromatic rings. The van der Waals surface area contributed by atoms with Crippen LogP contribution in [0.15, 0.2) is 18.2 Å². The van der Waals surface area contributed by atoms with Gasteiger partial charge < -0.3 is 5.73 Å². The van der Waals surface area contributed by atoms with Crippen molar-refractivity contribution in [1.82, 2.24) is 0 Å². The van der Waals surface area contributed by atoms with Crippen LogP contribution in [-0.2, 0) is 6.54 Å². The summed E-state index contributed by atoms with van der Waals surface area (Å²) < 4.78 is 12.9. The summed E-state index contributed by atoms with van der Waals surface area (Å²) in [5, 5.41) is 0. The molecular weight excluding hydrogens is 177 g/mol. The zero-order chi connectivity index (χ0) is 8.27. The molecule has 0 aliphatic carbocycles. The summed E-state index contributed by atoms with van der Waals surface area (Å²) in [6.45, 7) is 0.205. The Balaban J connectivity index is 0.00000121. The van der Waals surface area contributed by atoms with Gasteiger partial charge in [0.15, 0.2) is 0 Å². The van der Waals surface area contributed by atoms with Gasteiger partial charge in [0.1, 0.15) is 5.82 Å². The van der Waals surface area contributed by atoms with Crippen molar-refractivity contribution in [3.8, 4) is 12.3 Å². The highest BCUT2D eigenvalue weighted by atomic mass is 35.5. The lowest BCUT2D eigenvalue weighted by molar-refractivity contribution is 0.610. The first-order valence-electron chi connectivity index (χ1n) is 3.23. The summed E-state index contributed by atoms with van der Waals surface area (Å²) in [5.41, 5.74) is 6.28. The summed E-state index contributed by atoms with van der Waals surface area (Å²) in [7, 11) is 0. The van der Waals surface area contributed by atoms with Gasteiger partial charge in [-0.15, -0.1) is 18.8 Å². The van der Waals surface area contributed by atoms with Crippen molar-refractivity contribution in [2.75, 3.05) is 0 Å². The molecule has 0 aliphatic heterocycles. The number of rotatable bonds is 1. The number of hydrogen-bond acceptors (Lipinski definition) is 1. The number of benzene rings is 1. The van der Waals surface area contributed by atoms with E-state index in [2.05, 4.69) is 5.92 Å². The SMILES string of the molecule is C#Cc1ccc(CN)c(F)c1.Cl. The Hall–Kier alpha value is -1.04. The minimum absolute atomic E-state index is 0. The second-order valence-corrected chi connectivity index (χ2v) is 2.15. The Labute approximate surface area is 77.2 Å². The molecule has 3 heteroatoms. The van der Waals surface area contributed by atoms with Crippen LogP contribution in [0.5, 0.6) is 0 Å². The third kappa shape index (κ3) is 2.23. The first kappa shape index (κ1) is 11.0. The van der Waals surface area contributed by atoms with Crippen molar-refractivity contribution in [1.29, 1.82) is 0 Å². The molecule has 0 bridgehead atoms. The van der Waals surface area contributed by atoms with E-state index in [0.29, 0.717) is 11.1 Å². The smallest absolute Gasteiger partial charge is 0.128 e. The highest BCUT2D eigenvalue weighted by Gasteiger charge is 1.98. The van der Waals surface area contributed by atoms with Crippen molar-refractivity contribution in [3.05, 3.63) is 35.1 Å². The molecule has 0 heterocycles. The Morgan fingerprint density at radius 3 is 2.58 bits per heavy atom. The van der Waals surface area contributed by atoms with Gasteiger partial charge in [0.2, 0.25) is 0 Å². The van der Waals surface area contributed by atoms with Gasteiger partial charge in [0.25, 0.3) is 0 Å². The van der Waals surface area contributed by atoms with Gasteiger partial charge in [0.05, 0.1) is 0 Å². The molecule has 0 fully saturated rings. The minimum Gasteiger partial charge on any atom is -0.326 e. The van der Waals surface area contributed by atoms with Crippen LogP contribution in [0.25, 0.3) is 0 Å². The first-order valence-corrected chi connectivity index (χ1v) is 3.23. The van der Waals surface area contributed by atoms with Gasteiger partial charge in [-0.05, 0) is 12.1 Å². The van der Waals surface area contributed by atoms with E-state index in [1.54, 1.807) is 12.1 Å².